The van der Waals surface area contributed by atoms with Gasteiger partial charge < -0.3 is 10.0 Å². The number of urea groups is 1. The lowest BCUT2D eigenvalue weighted by atomic mass is 9.95. The van der Waals surface area contributed by atoms with Gasteiger partial charge in [0.15, 0.2) is 0 Å². The summed E-state index contributed by atoms with van der Waals surface area (Å²) in [5, 5.41) is 10.3. The highest BCUT2D eigenvalue weighted by Gasteiger charge is 2.25. The van der Waals surface area contributed by atoms with E-state index in [1.165, 1.54) is 0 Å². The van der Waals surface area contributed by atoms with E-state index in [2.05, 4.69) is 5.43 Å². The number of hydrazine groups is 1. The zero-order chi connectivity index (χ0) is 12.1. The lowest BCUT2D eigenvalue weighted by Gasteiger charge is -2.32. The smallest absolute Gasteiger partial charge is 0.331 e. The molecule has 92 valence electrons. The first-order valence-corrected chi connectivity index (χ1v) is 5.43. The summed E-state index contributed by atoms with van der Waals surface area (Å²) in [5.41, 5.74) is 2.66. The molecular weight excluding hydrogens is 210 g/mol. The average molecular weight is 229 g/mol. The molecule has 2 amide bonds. The van der Waals surface area contributed by atoms with Crippen molar-refractivity contribution in [2.24, 2.45) is 5.92 Å². The Bertz CT molecular complexity index is 268. The quantitative estimate of drug-likeness (QED) is 0.685. The Morgan fingerprint density at radius 1 is 1.50 bits per heavy atom. The van der Waals surface area contributed by atoms with E-state index >= 15 is 0 Å². The number of hydrogen-bond donors (Lipinski definition) is 2. The summed E-state index contributed by atoms with van der Waals surface area (Å²) >= 11 is 0. The van der Waals surface area contributed by atoms with Gasteiger partial charge in [0.2, 0.25) is 0 Å². The topological polar surface area (TPSA) is 72.9 Å². The maximum Gasteiger partial charge on any atom is 0.331 e. The fraction of sp³-hybridized carbons (Fsp3) is 0.800. The van der Waals surface area contributed by atoms with Gasteiger partial charge in [-0.15, -0.1) is 0 Å². The molecule has 2 N–H and O–H groups in total. The van der Waals surface area contributed by atoms with Gasteiger partial charge in [-0.3, -0.25) is 10.2 Å². The Hall–Kier alpha value is -1.30. The molecule has 6 nitrogen and oxygen atoms in total. The molecule has 0 radical (unpaired) electrons. The molecule has 0 aromatic rings. The van der Waals surface area contributed by atoms with Crippen molar-refractivity contribution in [3.8, 4) is 0 Å². The van der Waals surface area contributed by atoms with E-state index in [0.717, 1.165) is 12.8 Å². The van der Waals surface area contributed by atoms with Crippen molar-refractivity contribution >= 4 is 12.0 Å². The molecule has 16 heavy (non-hydrogen) atoms. The maximum atomic E-state index is 11.7. The van der Waals surface area contributed by atoms with Crippen LogP contribution >= 0.6 is 0 Å². The number of hydrogen-bond acceptors (Lipinski definition) is 3. The van der Waals surface area contributed by atoms with Crippen LogP contribution in [-0.2, 0) is 4.79 Å². The third-order valence-electron chi connectivity index (χ3n) is 2.59. The first kappa shape index (κ1) is 12.8. The molecule has 1 heterocycles. The summed E-state index contributed by atoms with van der Waals surface area (Å²) in [6.45, 7) is 1.24. The van der Waals surface area contributed by atoms with Gasteiger partial charge >= 0.3 is 12.0 Å². The minimum atomic E-state index is -0.792. The minimum Gasteiger partial charge on any atom is -0.481 e. The predicted octanol–water partition coefficient (Wildman–Crippen LogP) is 0.359. The molecule has 0 aromatic carbocycles. The Morgan fingerprint density at radius 2 is 2.19 bits per heavy atom. The zero-order valence-electron chi connectivity index (χ0n) is 9.77. The summed E-state index contributed by atoms with van der Waals surface area (Å²) in [6, 6.07) is -0.153. The van der Waals surface area contributed by atoms with E-state index in [-0.39, 0.29) is 18.4 Å². The number of carboxylic acids is 1. The minimum absolute atomic E-state index is 0.0826. The van der Waals surface area contributed by atoms with E-state index in [1.54, 1.807) is 24.0 Å². The second-order valence-corrected chi connectivity index (χ2v) is 4.36. The first-order chi connectivity index (χ1) is 7.49. The molecule has 1 aliphatic heterocycles. The van der Waals surface area contributed by atoms with Crippen LogP contribution < -0.4 is 5.43 Å². The van der Waals surface area contributed by atoms with Crippen LogP contribution in [0.4, 0.5) is 4.79 Å². The van der Waals surface area contributed by atoms with Crippen LogP contribution in [0.5, 0.6) is 0 Å². The number of amides is 2. The molecule has 0 bridgehead atoms. The average Bonchev–Trinajstić information content (AvgIpc) is 2.16. The highest BCUT2D eigenvalue weighted by atomic mass is 16.4. The van der Waals surface area contributed by atoms with Crippen molar-refractivity contribution in [1.29, 1.82) is 0 Å². The lowest BCUT2D eigenvalue weighted by molar-refractivity contribution is -0.138. The molecule has 0 saturated carbocycles. The predicted molar refractivity (Wildman–Crippen MR) is 58.8 cm³/mol. The Morgan fingerprint density at radius 3 is 2.75 bits per heavy atom. The van der Waals surface area contributed by atoms with Crippen LogP contribution in [-0.4, -0.2) is 54.2 Å². The molecule has 1 unspecified atom stereocenters. The summed E-state index contributed by atoms with van der Waals surface area (Å²) < 4.78 is 0. The molecule has 1 atom stereocenters. The van der Waals surface area contributed by atoms with E-state index in [1.807, 2.05) is 0 Å². The van der Waals surface area contributed by atoms with Crippen LogP contribution in [0.15, 0.2) is 0 Å². The van der Waals surface area contributed by atoms with Gasteiger partial charge in [0.1, 0.15) is 0 Å². The SMILES string of the molecule is CN(C)NC(=O)N1CCCC(CC(=O)O)C1. The number of likely N-dealkylation sites (tertiary alicyclic amines) is 1. The molecule has 1 saturated heterocycles. The van der Waals surface area contributed by atoms with Crippen molar-refractivity contribution < 1.29 is 14.7 Å². The Labute approximate surface area is 95.2 Å². The molecule has 6 heteroatoms. The van der Waals surface area contributed by atoms with E-state index < -0.39 is 5.97 Å². The van der Waals surface area contributed by atoms with E-state index in [4.69, 9.17) is 5.11 Å². The van der Waals surface area contributed by atoms with Crippen molar-refractivity contribution in [3.63, 3.8) is 0 Å². The first-order valence-electron chi connectivity index (χ1n) is 5.43. The Kier molecular flexibility index (Phi) is 4.54. The van der Waals surface area contributed by atoms with Crippen molar-refractivity contribution in [1.82, 2.24) is 15.3 Å². The monoisotopic (exact) mass is 229 g/mol. The number of nitrogens with zero attached hydrogens (tertiary/aromatic N) is 2. The highest BCUT2D eigenvalue weighted by molar-refractivity contribution is 5.74. The second-order valence-electron chi connectivity index (χ2n) is 4.36. The molecule has 1 fully saturated rings. The third kappa shape index (κ3) is 4.06. The van der Waals surface area contributed by atoms with Crippen LogP contribution in [0.2, 0.25) is 0 Å². The van der Waals surface area contributed by atoms with Gasteiger partial charge in [0.05, 0.1) is 0 Å². The molecule has 0 aromatic heterocycles. The van der Waals surface area contributed by atoms with E-state index in [9.17, 15) is 9.59 Å². The van der Waals surface area contributed by atoms with Gasteiger partial charge in [0, 0.05) is 33.6 Å². The summed E-state index contributed by atoms with van der Waals surface area (Å²) in [7, 11) is 3.49. The van der Waals surface area contributed by atoms with Gasteiger partial charge in [-0.1, -0.05) is 0 Å². The number of carbonyl (C=O) groups excluding carboxylic acids is 1. The van der Waals surface area contributed by atoms with Crippen molar-refractivity contribution in [2.75, 3.05) is 27.2 Å². The molecule has 1 aliphatic rings. The summed E-state index contributed by atoms with van der Waals surface area (Å²) in [4.78, 5) is 23.9. The number of nitrogens with one attached hydrogen (secondary N) is 1. The third-order valence-corrected chi connectivity index (χ3v) is 2.59. The van der Waals surface area contributed by atoms with Crippen LogP contribution in [0, 0.1) is 5.92 Å². The fourth-order valence-electron chi connectivity index (χ4n) is 1.93. The number of carbonyl (C=O) groups is 2. The fourth-order valence-corrected chi connectivity index (χ4v) is 1.93. The van der Waals surface area contributed by atoms with Gasteiger partial charge in [0.25, 0.3) is 0 Å². The maximum absolute atomic E-state index is 11.7. The number of carboxylic acid groups (broad SMARTS) is 1. The number of aliphatic carboxylic acids is 1. The summed E-state index contributed by atoms with van der Waals surface area (Å²) in [6.07, 6.45) is 1.91. The second kappa shape index (κ2) is 5.69. The molecular formula is C10H19N3O3. The van der Waals surface area contributed by atoms with Crippen molar-refractivity contribution in [3.05, 3.63) is 0 Å². The van der Waals surface area contributed by atoms with Gasteiger partial charge in [-0.05, 0) is 18.8 Å². The van der Waals surface area contributed by atoms with Crippen LogP contribution in [0.3, 0.4) is 0 Å². The number of piperidine rings is 1. The van der Waals surface area contributed by atoms with Crippen LogP contribution in [0.25, 0.3) is 0 Å². The highest BCUT2D eigenvalue weighted by Crippen LogP contribution is 2.19. The van der Waals surface area contributed by atoms with E-state index in [0.29, 0.717) is 13.1 Å². The Balaban J connectivity index is 2.43. The zero-order valence-corrected chi connectivity index (χ0v) is 9.77. The lowest BCUT2D eigenvalue weighted by Crippen LogP contribution is -2.49. The molecule has 1 rings (SSSR count). The molecule has 0 aliphatic carbocycles. The van der Waals surface area contributed by atoms with Crippen molar-refractivity contribution in [2.45, 2.75) is 19.3 Å². The van der Waals surface area contributed by atoms with Gasteiger partial charge in [-0.2, -0.15) is 0 Å². The summed E-state index contributed by atoms with van der Waals surface area (Å²) in [5.74, 6) is -0.709. The standard InChI is InChI=1S/C10H19N3O3/c1-12(2)11-10(16)13-5-3-4-8(7-13)6-9(14)15/h8H,3-7H2,1-2H3,(H,11,16)(H,14,15). The normalized spacial score (nSPS) is 20.9. The van der Waals surface area contributed by atoms with Gasteiger partial charge in [-0.25, -0.2) is 9.80 Å². The van der Waals surface area contributed by atoms with Crippen LogP contribution in [0.1, 0.15) is 19.3 Å². The largest absolute Gasteiger partial charge is 0.481 e. The number of rotatable bonds is 3. The molecule has 0 spiro atoms.